The SMILES string of the molecule is CCC(CC)N(CC(C)C)c1ccc([N+](=O)[O-])c(CBr)c1. The van der Waals surface area contributed by atoms with Gasteiger partial charge in [-0.1, -0.05) is 43.6 Å². The molecule has 0 saturated heterocycles. The lowest BCUT2D eigenvalue weighted by atomic mass is 10.0. The van der Waals surface area contributed by atoms with E-state index < -0.39 is 0 Å². The van der Waals surface area contributed by atoms with Gasteiger partial charge in [0.15, 0.2) is 0 Å². The predicted octanol–water partition coefficient (Wildman–Crippen LogP) is 5.14. The minimum atomic E-state index is -0.315. The molecule has 0 fully saturated rings. The van der Waals surface area contributed by atoms with Crippen LogP contribution in [-0.4, -0.2) is 17.5 Å². The van der Waals surface area contributed by atoms with E-state index >= 15 is 0 Å². The maximum Gasteiger partial charge on any atom is 0.273 e. The highest BCUT2D eigenvalue weighted by Gasteiger charge is 2.20. The minimum absolute atomic E-state index is 0.185. The van der Waals surface area contributed by atoms with E-state index in [4.69, 9.17) is 0 Å². The average Bonchev–Trinajstić information content (AvgIpc) is 2.46. The van der Waals surface area contributed by atoms with Crippen LogP contribution >= 0.6 is 15.9 Å². The first-order chi connectivity index (χ1) is 9.94. The zero-order valence-corrected chi connectivity index (χ0v) is 14.9. The first kappa shape index (κ1) is 18.0. The summed E-state index contributed by atoms with van der Waals surface area (Å²) in [5, 5.41) is 11.6. The second-order valence-corrected chi connectivity index (χ2v) is 6.28. The van der Waals surface area contributed by atoms with Crippen LogP contribution in [0.3, 0.4) is 0 Å². The summed E-state index contributed by atoms with van der Waals surface area (Å²) >= 11 is 3.36. The van der Waals surface area contributed by atoms with Crippen molar-refractivity contribution >= 4 is 27.3 Å². The molecule has 118 valence electrons. The van der Waals surface area contributed by atoms with Crippen molar-refractivity contribution in [2.45, 2.75) is 51.9 Å². The Labute approximate surface area is 135 Å². The maximum atomic E-state index is 11.1. The topological polar surface area (TPSA) is 46.4 Å². The van der Waals surface area contributed by atoms with E-state index in [9.17, 15) is 10.1 Å². The lowest BCUT2D eigenvalue weighted by Gasteiger charge is -2.34. The quantitative estimate of drug-likeness (QED) is 0.368. The van der Waals surface area contributed by atoms with Gasteiger partial charge in [0, 0.05) is 35.2 Å². The van der Waals surface area contributed by atoms with Crippen LogP contribution in [0, 0.1) is 16.0 Å². The third kappa shape index (κ3) is 4.70. The van der Waals surface area contributed by atoms with Crippen molar-refractivity contribution in [3.8, 4) is 0 Å². The number of nitrogens with zero attached hydrogens (tertiary/aromatic N) is 2. The molecule has 0 aliphatic rings. The van der Waals surface area contributed by atoms with Gasteiger partial charge in [-0.2, -0.15) is 0 Å². The Morgan fingerprint density at radius 2 is 1.90 bits per heavy atom. The summed E-state index contributed by atoms with van der Waals surface area (Å²) in [5.41, 5.74) is 2.00. The predicted molar refractivity (Wildman–Crippen MR) is 92.3 cm³/mol. The Hall–Kier alpha value is -1.10. The number of hydrogen-bond acceptors (Lipinski definition) is 3. The van der Waals surface area contributed by atoms with E-state index in [1.165, 1.54) is 0 Å². The average molecular weight is 357 g/mol. The van der Waals surface area contributed by atoms with E-state index in [-0.39, 0.29) is 10.6 Å². The monoisotopic (exact) mass is 356 g/mol. The molecule has 0 heterocycles. The number of nitro benzene ring substituents is 1. The van der Waals surface area contributed by atoms with Crippen LogP contribution in [0.1, 0.15) is 46.1 Å². The van der Waals surface area contributed by atoms with Gasteiger partial charge < -0.3 is 4.90 Å². The fourth-order valence-electron chi connectivity index (χ4n) is 2.62. The summed E-state index contributed by atoms with van der Waals surface area (Å²) < 4.78 is 0. The van der Waals surface area contributed by atoms with Gasteiger partial charge in [-0.25, -0.2) is 0 Å². The van der Waals surface area contributed by atoms with Gasteiger partial charge in [0.25, 0.3) is 5.69 Å². The minimum Gasteiger partial charge on any atom is -0.368 e. The van der Waals surface area contributed by atoms with Crippen molar-refractivity contribution < 1.29 is 4.92 Å². The Morgan fingerprint density at radius 1 is 1.29 bits per heavy atom. The number of hydrogen-bond donors (Lipinski definition) is 0. The Balaban J connectivity index is 3.21. The fourth-order valence-corrected chi connectivity index (χ4v) is 3.07. The maximum absolute atomic E-state index is 11.1. The van der Waals surface area contributed by atoms with E-state index in [0.717, 1.165) is 30.6 Å². The second-order valence-electron chi connectivity index (χ2n) is 5.72. The van der Waals surface area contributed by atoms with Gasteiger partial charge >= 0.3 is 0 Å². The molecule has 0 aliphatic carbocycles. The molecule has 0 aromatic heterocycles. The van der Waals surface area contributed by atoms with Gasteiger partial charge in [-0.15, -0.1) is 0 Å². The normalized spacial score (nSPS) is 11.2. The molecule has 0 amide bonds. The summed E-state index contributed by atoms with van der Waals surface area (Å²) in [7, 11) is 0. The number of alkyl halides is 1. The Bertz CT molecular complexity index is 473. The first-order valence-electron chi connectivity index (χ1n) is 7.54. The molecular weight excluding hydrogens is 332 g/mol. The molecular formula is C16H25BrN2O2. The number of rotatable bonds is 8. The Morgan fingerprint density at radius 3 is 2.33 bits per heavy atom. The molecule has 1 aromatic rings. The third-order valence-corrected chi connectivity index (χ3v) is 4.28. The molecule has 0 spiro atoms. The number of anilines is 1. The summed E-state index contributed by atoms with van der Waals surface area (Å²) in [5.74, 6) is 0.549. The van der Waals surface area contributed by atoms with Gasteiger partial charge in [-0.3, -0.25) is 10.1 Å². The zero-order chi connectivity index (χ0) is 16.0. The lowest BCUT2D eigenvalue weighted by molar-refractivity contribution is -0.385. The van der Waals surface area contributed by atoms with Crippen molar-refractivity contribution in [1.82, 2.24) is 0 Å². The van der Waals surface area contributed by atoms with Gasteiger partial charge in [0.1, 0.15) is 0 Å². The van der Waals surface area contributed by atoms with Crippen LogP contribution < -0.4 is 4.90 Å². The molecule has 4 nitrogen and oxygen atoms in total. The largest absolute Gasteiger partial charge is 0.368 e. The van der Waals surface area contributed by atoms with Crippen molar-refractivity contribution in [2.24, 2.45) is 5.92 Å². The summed E-state index contributed by atoms with van der Waals surface area (Å²) in [6, 6.07) is 5.93. The van der Waals surface area contributed by atoms with E-state index in [0.29, 0.717) is 17.3 Å². The van der Waals surface area contributed by atoms with Crippen molar-refractivity contribution in [2.75, 3.05) is 11.4 Å². The summed E-state index contributed by atoms with van der Waals surface area (Å²) in [6.07, 6.45) is 2.15. The van der Waals surface area contributed by atoms with E-state index in [2.05, 4.69) is 48.5 Å². The molecule has 21 heavy (non-hydrogen) atoms. The molecule has 1 rings (SSSR count). The van der Waals surface area contributed by atoms with Gasteiger partial charge in [0.2, 0.25) is 0 Å². The first-order valence-corrected chi connectivity index (χ1v) is 8.66. The van der Waals surface area contributed by atoms with Crippen molar-refractivity contribution in [3.05, 3.63) is 33.9 Å². The molecule has 0 N–H and O–H groups in total. The number of benzene rings is 1. The molecule has 0 aliphatic heterocycles. The fraction of sp³-hybridized carbons (Fsp3) is 0.625. The van der Waals surface area contributed by atoms with E-state index in [1.807, 2.05) is 12.1 Å². The van der Waals surface area contributed by atoms with Crippen LogP contribution in [0.15, 0.2) is 18.2 Å². The Kier molecular flexibility index (Phi) is 7.15. The number of nitro groups is 1. The van der Waals surface area contributed by atoms with Gasteiger partial charge in [-0.05, 0) is 30.9 Å². The molecule has 0 unspecified atom stereocenters. The highest BCUT2D eigenvalue weighted by atomic mass is 79.9. The second kappa shape index (κ2) is 8.37. The highest BCUT2D eigenvalue weighted by molar-refractivity contribution is 9.08. The van der Waals surface area contributed by atoms with Crippen LogP contribution in [0.4, 0.5) is 11.4 Å². The third-order valence-electron chi connectivity index (χ3n) is 3.68. The van der Waals surface area contributed by atoms with E-state index in [1.54, 1.807) is 6.07 Å². The number of halogens is 1. The molecule has 5 heteroatoms. The highest BCUT2D eigenvalue weighted by Crippen LogP contribution is 2.29. The van der Waals surface area contributed by atoms with Crippen molar-refractivity contribution in [1.29, 1.82) is 0 Å². The molecule has 0 atom stereocenters. The van der Waals surface area contributed by atoms with Gasteiger partial charge in [0.05, 0.1) is 4.92 Å². The van der Waals surface area contributed by atoms with Crippen LogP contribution in [0.2, 0.25) is 0 Å². The summed E-state index contributed by atoms with van der Waals surface area (Å²) in [6.45, 7) is 9.75. The summed E-state index contributed by atoms with van der Waals surface area (Å²) in [4.78, 5) is 13.1. The van der Waals surface area contributed by atoms with Crippen LogP contribution in [0.25, 0.3) is 0 Å². The van der Waals surface area contributed by atoms with Crippen molar-refractivity contribution in [3.63, 3.8) is 0 Å². The standard InChI is InChI=1S/C16H25BrN2O2/c1-5-14(6-2)18(11-12(3)4)15-7-8-16(19(20)21)13(9-15)10-17/h7-9,12,14H,5-6,10-11H2,1-4H3. The molecule has 0 radical (unpaired) electrons. The molecule has 1 aromatic carbocycles. The molecule has 0 bridgehead atoms. The molecule has 0 saturated carbocycles. The zero-order valence-electron chi connectivity index (χ0n) is 13.3. The lowest BCUT2D eigenvalue weighted by Crippen LogP contribution is -2.37. The van der Waals surface area contributed by atoms with Crippen LogP contribution in [-0.2, 0) is 5.33 Å². The smallest absolute Gasteiger partial charge is 0.273 e. The van der Waals surface area contributed by atoms with Crippen LogP contribution in [0.5, 0.6) is 0 Å².